The fourth-order valence-corrected chi connectivity index (χ4v) is 3.83. The fourth-order valence-electron chi connectivity index (χ4n) is 3.83. The summed E-state index contributed by atoms with van der Waals surface area (Å²) in [4.78, 5) is 21.4. The van der Waals surface area contributed by atoms with Gasteiger partial charge in [-0.1, -0.05) is 35.0 Å². The average Bonchev–Trinajstić information content (AvgIpc) is 3.25. The summed E-state index contributed by atoms with van der Waals surface area (Å²) < 4.78 is 11.0. The lowest BCUT2D eigenvalue weighted by molar-refractivity contribution is -0.134. The molecule has 4 rings (SSSR count). The Kier molecular flexibility index (Phi) is 6.22. The van der Waals surface area contributed by atoms with Crippen molar-refractivity contribution in [3.05, 3.63) is 35.7 Å². The van der Waals surface area contributed by atoms with Crippen molar-refractivity contribution in [1.29, 1.82) is 0 Å². The van der Waals surface area contributed by atoms with E-state index in [1.54, 1.807) is 0 Å². The molecule has 1 N–H and O–H groups in total. The first kappa shape index (κ1) is 20.0. The Labute approximate surface area is 171 Å². The summed E-state index contributed by atoms with van der Waals surface area (Å²) in [6.07, 6.45) is 0.499. The van der Waals surface area contributed by atoms with E-state index in [2.05, 4.69) is 34.2 Å². The fraction of sp³-hybridized carbons (Fsp3) is 0.571. The zero-order valence-electron chi connectivity index (χ0n) is 17.1. The van der Waals surface area contributed by atoms with Crippen molar-refractivity contribution in [2.24, 2.45) is 0 Å². The molecule has 0 aliphatic carbocycles. The number of rotatable bonds is 5. The molecular weight excluding hydrogens is 370 g/mol. The second-order valence-corrected chi connectivity index (χ2v) is 7.85. The van der Waals surface area contributed by atoms with Crippen molar-refractivity contribution in [2.75, 3.05) is 45.9 Å². The summed E-state index contributed by atoms with van der Waals surface area (Å²) in [5.41, 5.74) is 2.15. The molecule has 2 unspecified atom stereocenters. The zero-order chi connectivity index (χ0) is 20.2. The largest absolute Gasteiger partial charge is 0.378 e. The van der Waals surface area contributed by atoms with Crippen LogP contribution in [0.15, 0.2) is 28.8 Å². The van der Waals surface area contributed by atoms with Gasteiger partial charge in [0.05, 0.1) is 19.3 Å². The highest BCUT2D eigenvalue weighted by Gasteiger charge is 2.29. The lowest BCUT2D eigenvalue weighted by Crippen LogP contribution is -2.51. The van der Waals surface area contributed by atoms with Crippen LogP contribution in [0.1, 0.15) is 30.8 Å². The van der Waals surface area contributed by atoms with Gasteiger partial charge in [-0.3, -0.25) is 9.69 Å². The molecule has 2 fully saturated rings. The number of hydrogen-bond donors (Lipinski definition) is 1. The van der Waals surface area contributed by atoms with Crippen molar-refractivity contribution in [3.63, 3.8) is 0 Å². The van der Waals surface area contributed by atoms with Crippen LogP contribution < -0.4 is 5.32 Å². The first-order chi connectivity index (χ1) is 14.1. The van der Waals surface area contributed by atoms with Crippen LogP contribution in [0.3, 0.4) is 0 Å². The summed E-state index contributed by atoms with van der Waals surface area (Å²) in [7, 11) is 0. The van der Waals surface area contributed by atoms with Crippen molar-refractivity contribution in [3.8, 4) is 11.4 Å². The van der Waals surface area contributed by atoms with Gasteiger partial charge in [0, 0.05) is 50.7 Å². The molecule has 8 heteroatoms. The summed E-state index contributed by atoms with van der Waals surface area (Å²) in [6.45, 7) is 9.31. The number of carbonyl (C=O) groups is 1. The molecule has 0 saturated carbocycles. The van der Waals surface area contributed by atoms with Crippen LogP contribution >= 0.6 is 0 Å². The van der Waals surface area contributed by atoms with Gasteiger partial charge in [0.1, 0.15) is 0 Å². The minimum Gasteiger partial charge on any atom is -0.378 e. The summed E-state index contributed by atoms with van der Waals surface area (Å²) in [5.74, 6) is 1.42. The molecule has 2 aliphatic heterocycles. The summed E-state index contributed by atoms with van der Waals surface area (Å²) in [6, 6.07) is 8.25. The van der Waals surface area contributed by atoms with Gasteiger partial charge in [-0.2, -0.15) is 4.98 Å². The zero-order valence-corrected chi connectivity index (χ0v) is 17.1. The number of piperazine rings is 1. The van der Waals surface area contributed by atoms with Crippen LogP contribution in [0.5, 0.6) is 0 Å². The second kappa shape index (κ2) is 9.02. The third kappa shape index (κ3) is 4.83. The maximum Gasteiger partial charge on any atom is 0.244 e. The Hall–Kier alpha value is -2.29. The normalized spacial score (nSPS) is 21.9. The highest BCUT2D eigenvalue weighted by atomic mass is 16.5. The molecule has 3 heterocycles. The molecule has 156 valence electrons. The SMILES string of the molecule is Cc1ccc(-c2noc(C(C)N3CCN(C(=O)CC4COCCN4)CC3)n2)cc1. The number of nitrogens with zero attached hydrogens (tertiary/aromatic N) is 4. The lowest BCUT2D eigenvalue weighted by Gasteiger charge is -2.37. The van der Waals surface area contributed by atoms with Crippen LogP contribution in [0.2, 0.25) is 0 Å². The van der Waals surface area contributed by atoms with E-state index in [0.29, 0.717) is 24.7 Å². The molecule has 1 aromatic carbocycles. The molecule has 2 saturated heterocycles. The minimum absolute atomic E-state index is 0.0207. The topological polar surface area (TPSA) is 83.7 Å². The maximum absolute atomic E-state index is 12.6. The Bertz CT molecular complexity index is 808. The molecular formula is C21H29N5O3. The summed E-state index contributed by atoms with van der Waals surface area (Å²) in [5, 5.41) is 7.49. The van der Waals surface area contributed by atoms with Crippen molar-refractivity contribution >= 4 is 5.91 Å². The molecule has 1 amide bonds. The third-order valence-electron chi connectivity index (χ3n) is 5.74. The minimum atomic E-state index is 0.0207. The van der Waals surface area contributed by atoms with Gasteiger partial charge < -0.3 is 19.5 Å². The molecule has 0 spiro atoms. The second-order valence-electron chi connectivity index (χ2n) is 7.85. The van der Waals surface area contributed by atoms with Crippen LogP contribution in [0.25, 0.3) is 11.4 Å². The summed E-state index contributed by atoms with van der Waals surface area (Å²) >= 11 is 0. The van der Waals surface area contributed by atoms with E-state index >= 15 is 0 Å². The Morgan fingerprint density at radius 1 is 1.24 bits per heavy atom. The van der Waals surface area contributed by atoms with Gasteiger partial charge in [0.25, 0.3) is 0 Å². The van der Waals surface area contributed by atoms with Gasteiger partial charge in [0.2, 0.25) is 17.6 Å². The number of aryl methyl sites for hydroxylation is 1. The number of ether oxygens (including phenoxy) is 1. The smallest absolute Gasteiger partial charge is 0.244 e. The molecule has 0 bridgehead atoms. The number of hydrogen-bond acceptors (Lipinski definition) is 7. The Balaban J connectivity index is 1.30. The van der Waals surface area contributed by atoms with E-state index < -0.39 is 0 Å². The van der Waals surface area contributed by atoms with Gasteiger partial charge in [-0.15, -0.1) is 0 Å². The first-order valence-corrected chi connectivity index (χ1v) is 10.3. The standard InChI is InChI=1S/C21H29N5O3/c1-15-3-5-17(6-4-15)20-23-21(29-24-20)16(2)25-8-10-26(11-9-25)19(27)13-18-14-28-12-7-22-18/h3-6,16,18,22H,7-14H2,1-2H3. The van der Waals surface area contributed by atoms with Crippen LogP contribution in [0, 0.1) is 6.92 Å². The van der Waals surface area contributed by atoms with Crippen molar-refractivity contribution in [1.82, 2.24) is 25.3 Å². The number of nitrogens with one attached hydrogen (secondary N) is 1. The predicted molar refractivity (Wildman–Crippen MR) is 108 cm³/mol. The maximum atomic E-state index is 12.6. The Morgan fingerprint density at radius 2 is 2.00 bits per heavy atom. The number of aromatic nitrogens is 2. The van der Waals surface area contributed by atoms with Gasteiger partial charge in [-0.05, 0) is 13.8 Å². The lowest BCUT2D eigenvalue weighted by atomic mass is 10.1. The van der Waals surface area contributed by atoms with Crippen molar-refractivity contribution in [2.45, 2.75) is 32.4 Å². The van der Waals surface area contributed by atoms with Crippen LogP contribution in [0.4, 0.5) is 0 Å². The number of morpholine rings is 1. The van der Waals surface area contributed by atoms with E-state index in [0.717, 1.165) is 44.9 Å². The highest BCUT2D eigenvalue weighted by Crippen LogP contribution is 2.24. The number of carbonyl (C=O) groups excluding carboxylic acids is 1. The van der Waals surface area contributed by atoms with E-state index in [1.807, 2.05) is 29.2 Å². The predicted octanol–water partition coefficient (Wildman–Crippen LogP) is 1.63. The molecule has 2 aromatic rings. The number of amides is 1. The molecule has 8 nitrogen and oxygen atoms in total. The van der Waals surface area contributed by atoms with Gasteiger partial charge in [0.15, 0.2) is 0 Å². The molecule has 2 atom stereocenters. The van der Waals surface area contributed by atoms with Crippen LogP contribution in [-0.4, -0.2) is 77.8 Å². The van der Waals surface area contributed by atoms with E-state index in [9.17, 15) is 4.79 Å². The monoisotopic (exact) mass is 399 g/mol. The van der Waals surface area contributed by atoms with Crippen molar-refractivity contribution < 1.29 is 14.1 Å². The Morgan fingerprint density at radius 3 is 2.69 bits per heavy atom. The number of benzene rings is 1. The van der Waals surface area contributed by atoms with E-state index in [1.165, 1.54) is 5.56 Å². The molecule has 1 aromatic heterocycles. The molecule has 29 heavy (non-hydrogen) atoms. The van der Waals surface area contributed by atoms with Gasteiger partial charge >= 0.3 is 0 Å². The first-order valence-electron chi connectivity index (χ1n) is 10.3. The van der Waals surface area contributed by atoms with E-state index in [-0.39, 0.29) is 18.0 Å². The van der Waals surface area contributed by atoms with Gasteiger partial charge in [-0.25, -0.2) is 0 Å². The van der Waals surface area contributed by atoms with E-state index in [4.69, 9.17) is 9.26 Å². The average molecular weight is 399 g/mol. The van der Waals surface area contributed by atoms with Crippen LogP contribution in [-0.2, 0) is 9.53 Å². The highest BCUT2D eigenvalue weighted by molar-refractivity contribution is 5.77. The molecule has 0 radical (unpaired) electrons. The third-order valence-corrected chi connectivity index (χ3v) is 5.74. The quantitative estimate of drug-likeness (QED) is 0.818. The molecule has 2 aliphatic rings.